The van der Waals surface area contributed by atoms with E-state index in [0.29, 0.717) is 0 Å². The number of rotatable bonds is 1. The van der Waals surface area contributed by atoms with Crippen LogP contribution in [0.2, 0.25) is 0 Å². The van der Waals surface area contributed by atoms with Crippen LogP contribution in [0.5, 0.6) is 0 Å². The molecule has 2 rings (SSSR count). The maximum absolute atomic E-state index is 4.23. The predicted octanol–water partition coefficient (Wildman–Crippen LogP) is 3.25. The van der Waals surface area contributed by atoms with Gasteiger partial charge >= 0.3 is 0 Å². The number of fused-ring (bicyclic) bond motifs is 1. The Morgan fingerprint density at radius 1 is 1.27 bits per heavy atom. The highest BCUT2D eigenvalue weighted by molar-refractivity contribution is 5.70. The lowest BCUT2D eigenvalue weighted by molar-refractivity contribution is 1.09. The SMILES string of the molecule is CCC.CCc1cnc2nc(C)[nH]c2c1. The second-order valence-electron chi connectivity index (χ2n) is 3.60. The van der Waals surface area contributed by atoms with Gasteiger partial charge in [-0.05, 0) is 25.0 Å². The quantitative estimate of drug-likeness (QED) is 0.776. The molecule has 0 saturated carbocycles. The third-order valence-electron chi connectivity index (χ3n) is 1.92. The summed E-state index contributed by atoms with van der Waals surface area (Å²) in [6.07, 6.45) is 4.14. The fourth-order valence-corrected chi connectivity index (χ4v) is 1.26. The van der Waals surface area contributed by atoms with Crippen LogP contribution in [0.25, 0.3) is 11.2 Å². The molecule has 2 aromatic rings. The molecule has 0 unspecified atom stereocenters. The van der Waals surface area contributed by atoms with E-state index in [1.807, 2.05) is 13.1 Å². The molecule has 0 spiro atoms. The molecule has 0 aliphatic carbocycles. The molecule has 0 aliphatic rings. The van der Waals surface area contributed by atoms with E-state index in [4.69, 9.17) is 0 Å². The summed E-state index contributed by atoms with van der Waals surface area (Å²) in [5.74, 6) is 0.922. The predicted molar refractivity (Wildman–Crippen MR) is 64.0 cm³/mol. The third kappa shape index (κ3) is 3.05. The van der Waals surface area contributed by atoms with Gasteiger partial charge in [-0.1, -0.05) is 27.2 Å². The molecular formula is C12H19N3. The first-order chi connectivity index (χ1) is 7.21. The lowest BCUT2D eigenvalue weighted by atomic mass is 10.2. The summed E-state index contributed by atoms with van der Waals surface area (Å²) < 4.78 is 0. The molecule has 3 heteroatoms. The Hall–Kier alpha value is -1.38. The number of aryl methyl sites for hydroxylation is 2. The Balaban J connectivity index is 0.000000337. The van der Waals surface area contributed by atoms with Crippen molar-refractivity contribution in [1.82, 2.24) is 15.0 Å². The number of pyridine rings is 1. The van der Waals surface area contributed by atoms with Crippen molar-refractivity contribution >= 4 is 11.2 Å². The first-order valence-electron chi connectivity index (χ1n) is 5.52. The van der Waals surface area contributed by atoms with Crippen LogP contribution in [-0.2, 0) is 6.42 Å². The highest BCUT2D eigenvalue weighted by atomic mass is 15.0. The van der Waals surface area contributed by atoms with E-state index in [-0.39, 0.29) is 0 Å². The molecule has 2 aromatic heterocycles. The monoisotopic (exact) mass is 205 g/mol. The Morgan fingerprint density at radius 3 is 2.53 bits per heavy atom. The van der Waals surface area contributed by atoms with Gasteiger partial charge in [-0.15, -0.1) is 0 Å². The van der Waals surface area contributed by atoms with Crippen LogP contribution >= 0.6 is 0 Å². The molecule has 2 heterocycles. The molecule has 0 aromatic carbocycles. The second-order valence-corrected chi connectivity index (χ2v) is 3.60. The summed E-state index contributed by atoms with van der Waals surface area (Å²) in [5.41, 5.74) is 3.09. The highest BCUT2D eigenvalue weighted by Gasteiger charge is 1.99. The average molecular weight is 205 g/mol. The van der Waals surface area contributed by atoms with Crippen molar-refractivity contribution < 1.29 is 0 Å². The standard InChI is InChI=1S/C9H11N3.C3H8/c1-3-7-4-8-9(10-5-7)12-6(2)11-8;1-3-2/h4-5H,3H2,1-2H3,(H,10,11,12);3H2,1-2H3. The molecule has 0 amide bonds. The van der Waals surface area contributed by atoms with Crippen molar-refractivity contribution in [2.24, 2.45) is 0 Å². The Morgan fingerprint density at radius 2 is 1.93 bits per heavy atom. The van der Waals surface area contributed by atoms with Gasteiger partial charge in [-0.2, -0.15) is 0 Å². The van der Waals surface area contributed by atoms with Gasteiger partial charge in [0.15, 0.2) is 5.65 Å². The first kappa shape index (κ1) is 11.7. The van der Waals surface area contributed by atoms with E-state index in [0.717, 1.165) is 23.4 Å². The van der Waals surface area contributed by atoms with Crippen LogP contribution in [0.4, 0.5) is 0 Å². The van der Waals surface area contributed by atoms with E-state index in [1.54, 1.807) is 0 Å². The van der Waals surface area contributed by atoms with Crippen LogP contribution < -0.4 is 0 Å². The van der Waals surface area contributed by atoms with E-state index < -0.39 is 0 Å². The number of hydrogen-bond donors (Lipinski definition) is 1. The minimum absolute atomic E-state index is 0.810. The number of nitrogens with one attached hydrogen (secondary N) is 1. The second kappa shape index (κ2) is 5.49. The fraction of sp³-hybridized carbons (Fsp3) is 0.500. The minimum Gasteiger partial charge on any atom is -0.341 e. The summed E-state index contributed by atoms with van der Waals surface area (Å²) in [6, 6.07) is 2.10. The van der Waals surface area contributed by atoms with Crippen LogP contribution in [0, 0.1) is 6.92 Å². The number of H-pyrrole nitrogens is 1. The number of hydrogen-bond acceptors (Lipinski definition) is 2. The van der Waals surface area contributed by atoms with Gasteiger partial charge in [0, 0.05) is 6.20 Å². The minimum atomic E-state index is 0.810. The zero-order valence-electron chi connectivity index (χ0n) is 9.96. The summed E-state index contributed by atoms with van der Waals surface area (Å²) >= 11 is 0. The van der Waals surface area contributed by atoms with Crippen molar-refractivity contribution in [3.8, 4) is 0 Å². The average Bonchev–Trinajstić information content (AvgIpc) is 2.57. The molecule has 0 radical (unpaired) electrons. The van der Waals surface area contributed by atoms with Crippen molar-refractivity contribution in [2.45, 2.75) is 40.5 Å². The molecule has 0 atom stereocenters. The summed E-state index contributed by atoms with van der Waals surface area (Å²) in [5, 5.41) is 0. The van der Waals surface area contributed by atoms with Gasteiger partial charge in [-0.25, -0.2) is 9.97 Å². The summed E-state index contributed by atoms with van der Waals surface area (Å²) in [4.78, 5) is 11.6. The van der Waals surface area contributed by atoms with Crippen molar-refractivity contribution in [2.75, 3.05) is 0 Å². The number of nitrogens with zero attached hydrogens (tertiary/aromatic N) is 2. The van der Waals surface area contributed by atoms with E-state index >= 15 is 0 Å². The molecule has 1 N–H and O–H groups in total. The molecule has 0 aliphatic heterocycles. The van der Waals surface area contributed by atoms with Gasteiger partial charge < -0.3 is 4.98 Å². The van der Waals surface area contributed by atoms with E-state index in [9.17, 15) is 0 Å². The molecule has 3 nitrogen and oxygen atoms in total. The first-order valence-corrected chi connectivity index (χ1v) is 5.52. The normalized spacial score (nSPS) is 9.87. The lowest BCUT2D eigenvalue weighted by Gasteiger charge is -1.92. The summed E-state index contributed by atoms with van der Waals surface area (Å²) in [7, 11) is 0. The molecule has 0 saturated heterocycles. The van der Waals surface area contributed by atoms with Crippen molar-refractivity contribution in [1.29, 1.82) is 0 Å². The Labute approximate surface area is 91.0 Å². The third-order valence-corrected chi connectivity index (χ3v) is 1.92. The summed E-state index contributed by atoms with van der Waals surface area (Å²) in [6.45, 7) is 8.30. The lowest BCUT2D eigenvalue weighted by Crippen LogP contribution is -1.82. The smallest absolute Gasteiger partial charge is 0.177 e. The Kier molecular flexibility index (Phi) is 4.28. The van der Waals surface area contributed by atoms with Crippen LogP contribution in [0.1, 0.15) is 38.6 Å². The number of aromatic amines is 1. The van der Waals surface area contributed by atoms with Gasteiger partial charge in [0.25, 0.3) is 0 Å². The van der Waals surface area contributed by atoms with Crippen LogP contribution in [-0.4, -0.2) is 15.0 Å². The van der Waals surface area contributed by atoms with E-state index in [1.165, 1.54) is 12.0 Å². The maximum atomic E-state index is 4.23. The number of imidazole rings is 1. The fourth-order valence-electron chi connectivity index (χ4n) is 1.26. The largest absolute Gasteiger partial charge is 0.341 e. The van der Waals surface area contributed by atoms with Gasteiger partial charge in [0.05, 0.1) is 5.52 Å². The van der Waals surface area contributed by atoms with Gasteiger partial charge in [0.2, 0.25) is 0 Å². The molecule has 0 bridgehead atoms. The zero-order chi connectivity index (χ0) is 11.3. The highest BCUT2D eigenvalue weighted by Crippen LogP contribution is 2.10. The zero-order valence-corrected chi connectivity index (χ0v) is 9.96. The topological polar surface area (TPSA) is 41.6 Å². The molecule has 82 valence electrons. The van der Waals surface area contributed by atoms with Crippen LogP contribution in [0.3, 0.4) is 0 Å². The molecule has 15 heavy (non-hydrogen) atoms. The number of aromatic nitrogens is 3. The van der Waals surface area contributed by atoms with Crippen LogP contribution in [0.15, 0.2) is 12.3 Å². The van der Waals surface area contributed by atoms with Crippen molar-refractivity contribution in [3.05, 3.63) is 23.7 Å². The van der Waals surface area contributed by atoms with Gasteiger partial charge in [0.1, 0.15) is 5.82 Å². The molecule has 0 fully saturated rings. The molecular weight excluding hydrogens is 186 g/mol. The van der Waals surface area contributed by atoms with E-state index in [2.05, 4.69) is 41.8 Å². The Bertz CT molecular complexity index is 418. The van der Waals surface area contributed by atoms with Gasteiger partial charge in [-0.3, -0.25) is 0 Å². The maximum Gasteiger partial charge on any atom is 0.177 e. The van der Waals surface area contributed by atoms with Crippen molar-refractivity contribution in [3.63, 3.8) is 0 Å².